The van der Waals surface area contributed by atoms with Crippen molar-refractivity contribution in [2.24, 2.45) is 0 Å². The zero-order valence-corrected chi connectivity index (χ0v) is 11.9. The van der Waals surface area contributed by atoms with Crippen LogP contribution in [0, 0.1) is 21.7 Å². The Morgan fingerprint density at radius 1 is 1.38 bits per heavy atom. The number of aliphatic hydroxyl groups is 1. The Kier molecular flexibility index (Phi) is 5.70. The summed E-state index contributed by atoms with van der Waals surface area (Å²) in [7, 11) is -4.40. The van der Waals surface area contributed by atoms with E-state index < -0.39 is 43.2 Å². The molecule has 1 aromatic carbocycles. The number of nitrogens with one attached hydrogen (secondary N) is 1. The molecule has 0 saturated heterocycles. The average Bonchev–Trinajstić information content (AvgIpc) is 2.37. The van der Waals surface area contributed by atoms with Crippen molar-refractivity contribution in [2.45, 2.75) is 30.7 Å². The van der Waals surface area contributed by atoms with Gasteiger partial charge in [-0.2, -0.15) is 4.39 Å². The first-order chi connectivity index (χ1) is 9.72. The second-order valence-corrected chi connectivity index (χ2v) is 5.91. The summed E-state index contributed by atoms with van der Waals surface area (Å²) in [6, 6.07) is -0.179. The molecule has 7 nitrogen and oxygen atoms in total. The van der Waals surface area contributed by atoms with E-state index in [9.17, 15) is 27.3 Å². The fourth-order valence-corrected chi connectivity index (χ4v) is 3.08. The zero-order valence-electron chi connectivity index (χ0n) is 11.0. The van der Waals surface area contributed by atoms with E-state index in [4.69, 9.17) is 5.11 Å². The topological polar surface area (TPSA) is 110 Å². The van der Waals surface area contributed by atoms with E-state index in [1.807, 2.05) is 0 Å². The largest absolute Gasteiger partial charge is 0.396 e. The summed E-state index contributed by atoms with van der Waals surface area (Å²) in [6.45, 7) is 1.36. The minimum Gasteiger partial charge on any atom is -0.396 e. The van der Waals surface area contributed by atoms with E-state index in [2.05, 4.69) is 4.72 Å². The number of hydrogen-bond acceptors (Lipinski definition) is 5. The molecule has 2 N–H and O–H groups in total. The Morgan fingerprint density at radius 3 is 2.48 bits per heavy atom. The van der Waals surface area contributed by atoms with E-state index in [1.165, 1.54) is 0 Å². The highest BCUT2D eigenvalue weighted by Gasteiger charge is 2.27. The molecule has 0 radical (unpaired) electrons. The third-order valence-corrected chi connectivity index (χ3v) is 4.32. The van der Waals surface area contributed by atoms with Gasteiger partial charge < -0.3 is 5.11 Å². The number of nitro benzene ring substituents is 1. The van der Waals surface area contributed by atoms with Gasteiger partial charge in [-0.15, -0.1) is 0 Å². The first kappa shape index (κ1) is 17.4. The van der Waals surface area contributed by atoms with Gasteiger partial charge in [0, 0.05) is 24.8 Å². The Balaban J connectivity index is 3.25. The highest BCUT2D eigenvalue weighted by molar-refractivity contribution is 7.89. The van der Waals surface area contributed by atoms with Crippen LogP contribution in [0.15, 0.2) is 17.0 Å². The third kappa shape index (κ3) is 4.16. The van der Waals surface area contributed by atoms with Gasteiger partial charge in [-0.3, -0.25) is 10.1 Å². The number of nitro groups is 1. The maximum absolute atomic E-state index is 13.6. The zero-order chi connectivity index (χ0) is 16.2. The van der Waals surface area contributed by atoms with E-state index in [0.717, 1.165) is 0 Å². The van der Waals surface area contributed by atoms with Crippen LogP contribution in [0.5, 0.6) is 0 Å². The Hall–Kier alpha value is -1.65. The van der Waals surface area contributed by atoms with Crippen molar-refractivity contribution in [3.8, 4) is 0 Å². The summed E-state index contributed by atoms with van der Waals surface area (Å²) < 4.78 is 52.9. The lowest BCUT2D eigenvalue weighted by atomic mass is 10.2. The monoisotopic (exact) mass is 324 g/mol. The fraction of sp³-hybridized carbons (Fsp3) is 0.455. The Bertz CT molecular complexity index is 636. The van der Waals surface area contributed by atoms with Crippen LogP contribution in [0.3, 0.4) is 0 Å². The summed E-state index contributed by atoms with van der Waals surface area (Å²) in [5, 5.41) is 19.4. The van der Waals surface area contributed by atoms with E-state index in [-0.39, 0.29) is 19.1 Å². The van der Waals surface area contributed by atoms with E-state index in [1.54, 1.807) is 6.92 Å². The van der Waals surface area contributed by atoms with Gasteiger partial charge in [0.2, 0.25) is 15.8 Å². The van der Waals surface area contributed by atoms with Crippen LogP contribution in [-0.2, 0) is 10.0 Å². The van der Waals surface area contributed by atoms with E-state index in [0.29, 0.717) is 12.5 Å². The van der Waals surface area contributed by atoms with Gasteiger partial charge in [-0.1, -0.05) is 6.92 Å². The lowest BCUT2D eigenvalue weighted by molar-refractivity contribution is -0.387. The predicted octanol–water partition coefficient (Wildman–Crippen LogP) is 1.31. The van der Waals surface area contributed by atoms with Gasteiger partial charge in [0.1, 0.15) is 10.7 Å². The molecule has 0 aliphatic carbocycles. The standard InChI is InChI=1S/C11H14F2N2O5S/c1-2-7(3-4-16)14-21(19,20)11-6-10(15(17)18)8(12)5-9(11)13/h5-7,14,16H,2-4H2,1H3. The number of hydrogen-bond donors (Lipinski definition) is 2. The molecule has 0 aliphatic heterocycles. The highest BCUT2D eigenvalue weighted by atomic mass is 32.2. The summed E-state index contributed by atoms with van der Waals surface area (Å²) in [6.07, 6.45) is 0.422. The van der Waals surface area contributed by atoms with Crippen molar-refractivity contribution in [1.29, 1.82) is 0 Å². The summed E-state index contributed by atoms with van der Waals surface area (Å²) in [4.78, 5) is 8.44. The van der Waals surface area contributed by atoms with Gasteiger partial charge in [-0.25, -0.2) is 17.5 Å². The molecule has 1 aromatic rings. The summed E-state index contributed by atoms with van der Waals surface area (Å²) >= 11 is 0. The van der Waals surface area contributed by atoms with Crippen molar-refractivity contribution in [3.63, 3.8) is 0 Å². The number of nitrogens with zero attached hydrogens (tertiary/aromatic N) is 1. The molecule has 21 heavy (non-hydrogen) atoms. The molecule has 0 aliphatic rings. The second kappa shape index (κ2) is 6.87. The lowest BCUT2D eigenvalue weighted by Crippen LogP contribution is -2.35. The molecule has 0 bridgehead atoms. The van der Waals surface area contributed by atoms with Gasteiger partial charge in [0.05, 0.1) is 4.92 Å². The van der Waals surface area contributed by atoms with Crippen LogP contribution in [-0.4, -0.2) is 31.1 Å². The van der Waals surface area contributed by atoms with Crippen LogP contribution in [0.2, 0.25) is 0 Å². The minimum atomic E-state index is -4.40. The first-order valence-electron chi connectivity index (χ1n) is 5.99. The molecule has 1 atom stereocenters. The number of sulfonamides is 1. The molecular formula is C11H14F2N2O5S. The highest BCUT2D eigenvalue weighted by Crippen LogP contribution is 2.25. The Morgan fingerprint density at radius 2 is 2.00 bits per heavy atom. The first-order valence-corrected chi connectivity index (χ1v) is 7.47. The molecule has 0 fully saturated rings. The van der Waals surface area contributed by atoms with Gasteiger partial charge in [0.25, 0.3) is 0 Å². The van der Waals surface area contributed by atoms with Gasteiger partial charge >= 0.3 is 5.69 Å². The van der Waals surface area contributed by atoms with Crippen molar-refractivity contribution >= 4 is 15.7 Å². The molecule has 0 heterocycles. The number of halogens is 2. The lowest BCUT2D eigenvalue weighted by Gasteiger charge is -2.16. The SMILES string of the molecule is CCC(CCO)NS(=O)(=O)c1cc([N+](=O)[O-])c(F)cc1F. The maximum atomic E-state index is 13.6. The molecule has 0 aromatic heterocycles. The molecule has 1 rings (SSSR count). The molecule has 10 heteroatoms. The average molecular weight is 324 g/mol. The van der Waals surface area contributed by atoms with Gasteiger partial charge in [0.15, 0.2) is 0 Å². The van der Waals surface area contributed by atoms with E-state index >= 15 is 0 Å². The molecule has 118 valence electrons. The van der Waals surface area contributed by atoms with Crippen LogP contribution >= 0.6 is 0 Å². The van der Waals surface area contributed by atoms with Crippen molar-refractivity contribution in [1.82, 2.24) is 4.72 Å². The minimum absolute atomic E-state index is 0.0979. The molecule has 0 amide bonds. The fourth-order valence-electron chi connectivity index (χ4n) is 1.65. The van der Waals surface area contributed by atoms with Crippen LogP contribution in [0.4, 0.5) is 14.5 Å². The summed E-state index contributed by atoms with van der Waals surface area (Å²) in [5.74, 6) is -2.89. The molecule has 0 saturated carbocycles. The number of benzene rings is 1. The van der Waals surface area contributed by atoms with Crippen LogP contribution < -0.4 is 4.72 Å². The van der Waals surface area contributed by atoms with Gasteiger partial charge in [-0.05, 0) is 12.8 Å². The second-order valence-electron chi connectivity index (χ2n) is 4.23. The summed E-state index contributed by atoms with van der Waals surface area (Å²) in [5.41, 5.74) is -1.13. The Labute approximate surface area is 119 Å². The molecular weight excluding hydrogens is 310 g/mol. The van der Waals surface area contributed by atoms with Crippen LogP contribution in [0.1, 0.15) is 19.8 Å². The molecule has 1 unspecified atom stereocenters. The smallest absolute Gasteiger partial charge is 0.306 e. The van der Waals surface area contributed by atoms with Crippen molar-refractivity contribution in [2.75, 3.05) is 6.61 Å². The third-order valence-electron chi connectivity index (χ3n) is 2.78. The number of rotatable bonds is 7. The maximum Gasteiger partial charge on any atom is 0.306 e. The van der Waals surface area contributed by atoms with Crippen LogP contribution in [0.25, 0.3) is 0 Å². The normalized spacial score (nSPS) is 13.1. The predicted molar refractivity (Wildman–Crippen MR) is 69.1 cm³/mol. The quantitative estimate of drug-likeness (QED) is 0.580. The number of aliphatic hydroxyl groups excluding tert-OH is 1. The van der Waals surface area contributed by atoms with Crippen molar-refractivity contribution in [3.05, 3.63) is 33.9 Å². The van der Waals surface area contributed by atoms with Crippen molar-refractivity contribution < 1.29 is 27.2 Å². The molecule has 0 spiro atoms.